The summed E-state index contributed by atoms with van der Waals surface area (Å²) < 4.78 is 42.5. The van der Waals surface area contributed by atoms with Crippen LogP contribution in [-0.4, -0.2) is 84.8 Å². The van der Waals surface area contributed by atoms with Crippen molar-refractivity contribution in [3.8, 4) is 16.9 Å². The Kier molecular flexibility index (Phi) is 16.5. The fourth-order valence-electron chi connectivity index (χ4n) is 5.64. The molecule has 1 aliphatic heterocycles. The maximum Gasteiger partial charge on any atom is 0.311 e. The van der Waals surface area contributed by atoms with Gasteiger partial charge in [0.05, 0.1) is 34.7 Å². The van der Waals surface area contributed by atoms with E-state index in [1.807, 2.05) is 6.07 Å². The summed E-state index contributed by atoms with van der Waals surface area (Å²) >= 11 is 0. The molecule has 0 aromatic heterocycles. The van der Waals surface area contributed by atoms with Gasteiger partial charge in [-0.25, -0.2) is 0 Å². The molecule has 14 heteroatoms. The van der Waals surface area contributed by atoms with Crippen molar-refractivity contribution in [2.75, 3.05) is 13.2 Å². The molecular formula is C46H64O14. The number of benzene rings is 2. The number of aliphatic carboxylic acids is 1. The summed E-state index contributed by atoms with van der Waals surface area (Å²) in [5, 5.41) is 9.29. The van der Waals surface area contributed by atoms with Crippen molar-refractivity contribution in [2.24, 2.45) is 21.7 Å². The second-order valence-corrected chi connectivity index (χ2v) is 19.1. The SMILES string of the molecule is CCOC(=O)Cc1cccc(-c2cc(CCCC(=O)O)ccc2O[C@@H]2O[C@H](COC(=O)C(C)(C)C)[C@@H](OC(=O)C(C)(C)C)[C@H](OC(=O)C(C)(C)C)[C@@H]2OC(=O)C(C)(C)C)c1. The molecule has 1 heterocycles. The molecule has 2 aromatic carbocycles. The summed E-state index contributed by atoms with van der Waals surface area (Å²) in [6.07, 6.45) is -6.67. The van der Waals surface area contributed by atoms with E-state index in [9.17, 15) is 33.9 Å². The smallest absolute Gasteiger partial charge is 0.311 e. The van der Waals surface area contributed by atoms with Crippen LogP contribution in [0.1, 0.15) is 114 Å². The van der Waals surface area contributed by atoms with Gasteiger partial charge in [-0.2, -0.15) is 0 Å². The van der Waals surface area contributed by atoms with Crippen LogP contribution in [0.2, 0.25) is 0 Å². The Labute approximate surface area is 353 Å². The molecule has 0 bridgehead atoms. The monoisotopic (exact) mass is 840 g/mol. The van der Waals surface area contributed by atoms with E-state index in [4.69, 9.17) is 33.2 Å². The molecule has 332 valence electrons. The van der Waals surface area contributed by atoms with Gasteiger partial charge in [0.25, 0.3) is 0 Å². The van der Waals surface area contributed by atoms with Crippen LogP contribution in [0.3, 0.4) is 0 Å². The average Bonchev–Trinajstić information content (AvgIpc) is 3.11. The van der Waals surface area contributed by atoms with Crippen molar-refractivity contribution in [3.05, 3.63) is 53.6 Å². The molecule has 0 aliphatic carbocycles. The van der Waals surface area contributed by atoms with E-state index in [-0.39, 0.29) is 25.2 Å². The van der Waals surface area contributed by atoms with Crippen LogP contribution in [0.25, 0.3) is 11.1 Å². The molecule has 0 unspecified atom stereocenters. The molecule has 3 rings (SSSR count). The lowest BCUT2D eigenvalue weighted by molar-refractivity contribution is -0.293. The first-order valence-electron chi connectivity index (χ1n) is 20.3. The molecule has 1 aliphatic rings. The van der Waals surface area contributed by atoms with Gasteiger partial charge < -0.3 is 38.3 Å². The van der Waals surface area contributed by atoms with Gasteiger partial charge in [0.2, 0.25) is 12.4 Å². The van der Waals surface area contributed by atoms with Crippen LogP contribution in [0.5, 0.6) is 5.75 Å². The van der Waals surface area contributed by atoms with E-state index < -0.39 is 94.8 Å². The summed E-state index contributed by atoms with van der Waals surface area (Å²) in [6.45, 7) is 21.2. The Morgan fingerprint density at radius 1 is 0.650 bits per heavy atom. The van der Waals surface area contributed by atoms with Gasteiger partial charge in [0.1, 0.15) is 18.5 Å². The van der Waals surface area contributed by atoms with Gasteiger partial charge in [0.15, 0.2) is 12.2 Å². The van der Waals surface area contributed by atoms with Crippen molar-refractivity contribution in [3.63, 3.8) is 0 Å². The third-order valence-corrected chi connectivity index (χ3v) is 9.18. The van der Waals surface area contributed by atoms with Crippen LogP contribution in [-0.2, 0) is 70.0 Å². The minimum absolute atomic E-state index is 0.00278. The number of hydrogen-bond acceptors (Lipinski definition) is 13. The molecule has 60 heavy (non-hydrogen) atoms. The number of carbonyl (C=O) groups is 6. The van der Waals surface area contributed by atoms with E-state index in [1.165, 1.54) is 0 Å². The molecule has 14 nitrogen and oxygen atoms in total. The topological polar surface area (TPSA) is 187 Å². The average molecular weight is 841 g/mol. The van der Waals surface area contributed by atoms with Gasteiger partial charge in [0, 0.05) is 12.0 Å². The number of hydrogen-bond donors (Lipinski definition) is 1. The molecule has 0 amide bonds. The maximum absolute atomic E-state index is 13.8. The van der Waals surface area contributed by atoms with Crippen LogP contribution in [0.15, 0.2) is 42.5 Å². The first kappa shape index (κ1) is 49.4. The first-order chi connectivity index (χ1) is 27.6. The first-order valence-corrected chi connectivity index (χ1v) is 20.3. The largest absolute Gasteiger partial charge is 0.481 e. The van der Waals surface area contributed by atoms with E-state index in [1.54, 1.807) is 126 Å². The number of carboxylic acid groups (broad SMARTS) is 1. The highest BCUT2D eigenvalue weighted by Gasteiger charge is 2.56. The Bertz CT molecular complexity index is 1850. The third-order valence-electron chi connectivity index (χ3n) is 9.18. The van der Waals surface area contributed by atoms with Gasteiger partial charge in [-0.05, 0) is 132 Å². The van der Waals surface area contributed by atoms with Gasteiger partial charge in [-0.3, -0.25) is 28.8 Å². The quantitative estimate of drug-likeness (QED) is 0.138. The van der Waals surface area contributed by atoms with Crippen molar-refractivity contribution in [1.29, 1.82) is 0 Å². The lowest BCUT2D eigenvalue weighted by atomic mass is 9.93. The normalized spacial score (nSPS) is 19.7. The summed E-state index contributed by atoms with van der Waals surface area (Å²) in [5.41, 5.74) is -1.54. The van der Waals surface area contributed by atoms with E-state index in [2.05, 4.69) is 0 Å². The standard InChI is InChI=1S/C46H64O14/c1-14-54-34(49)25-28-18-15-19-29(23-28)30-24-27(17-16-20-33(47)48)21-22-31(30)56-38-37(60-42(53)46(11,12)13)36(59-41(52)45(8,9)10)35(58-40(51)44(5,6)7)32(57-38)26-55-39(50)43(2,3)4/h15,18-19,21-24,32,35-38H,14,16-17,20,25-26H2,1-13H3,(H,47,48)/t32-,35-,36+,37+,38-/m1/s1. The maximum atomic E-state index is 13.8. The summed E-state index contributed by atoms with van der Waals surface area (Å²) in [5.74, 6) is -3.83. The fraction of sp³-hybridized carbons (Fsp3) is 0.609. The van der Waals surface area contributed by atoms with E-state index >= 15 is 0 Å². The molecule has 1 N–H and O–H groups in total. The number of ether oxygens (including phenoxy) is 7. The van der Waals surface area contributed by atoms with Gasteiger partial charge in [-0.15, -0.1) is 0 Å². The predicted molar refractivity (Wildman–Crippen MR) is 220 cm³/mol. The summed E-state index contributed by atoms with van der Waals surface area (Å²) in [7, 11) is 0. The Balaban J connectivity index is 2.30. The number of carbonyl (C=O) groups excluding carboxylic acids is 5. The molecule has 5 atom stereocenters. The van der Waals surface area contributed by atoms with Crippen molar-refractivity contribution in [1.82, 2.24) is 0 Å². The molecule has 2 aromatic rings. The second kappa shape index (κ2) is 20.1. The minimum Gasteiger partial charge on any atom is -0.481 e. The van der Waals surface area contributed by atoms with Gasteiger partial charge >= 0.3 is 35.8 Å². The molecule has 1 fully saturated rings. The van der Waals surface area contributed by atoms with Crippen molar-refractivity contribution >= 4 is 35.8 Å². The highest BCUT2D eigenvalue weighted by molar-refractivity contribution is 5.79. The Morgan fingerprint density at radius 3 is 1.73 bits per heavy atom. The summed E-state index contributed by atoms with van der Waals surface area (Å²) in [6, 6.07) is 12.4. The molecular weight excluding hydrogens is 776 g/mol. The van der Waals surface area contributed by atoms with Crippen molar-refractivity contribution < 1.29 is 67.0 Å². The zero-order valence-corrected chi connectivity index (χ0v) is 37.4. The molecule has 0 saturated carbocycles. The molecule has 0 radical (unpaired) electrons. The van der Waals surface area contributed by atoms with Crippen LogP contribution < -0.4 is 4.74 Å². The second-order valence-electron chi connectivity index (χ2n) is 19.1. The molecule has 1 saturated heterocycles. The van der Waals surface area contributed by atoms with E-state index in [0.29, 0.717) is 29.5 Å². The number of rotatable bonds is 15. The zero-order chi connectivity index (χ0) is 45.4. The van der Waals surface area contributed by atoms with Gasteiger partial charge in [-0.1, -0.05) is 30.3 Å². The lowest BCUT2D eigenvalue weighted by Crippen LogP contribution is -2.64. The highest BCUT2D eigenvalue weighted by atomic mass is 16.7. The highest BCUT2D eigenvalue weighted by Crippen LogP contribution is 2.38. The third kappa shape index (κ3) is 14.3. The lowest BCUT2D eigenvalue weighted by Gasteiger charge is -2.45. The van der Waals surface area contributed by atoms with Crippen molar-refractivity contribution in [2.45, 2.75) is 146 Å². The predicted octanol–water partition coefficient (Wildman–Crippen LogP) is 7.43. The number of esters is 5. The van der Waals surface area contributed by atoms with Crippen LogP contribution in [0, 0.1) is 21.7 Å². The van der Waals surface area contributed by atoms with Crippen LogP contribution in [0.4, 0.5) is 0 Å². The minimum atomic E-state index is -1.56. The summed E-state index contributed by atoms with van der Waals surface area (Å²) in [4.78, 5) is 78.1. The zero-order valence-electron chi connectivity index (χ0n) is 37.4. The van der Waals surface area contributed by atoms with Crippen LogP contribution >= 0.6 is 0 Å². The molecule has 0 spiro atoms. The Hall–Kier alpha value is -4.98. The fourth-order valence-corrected chi connectivity index (χ4v) is 5.64. The van der Waals surface area contributed by atoms with E-state index in [0.717, 1.165) is 5.56 Å². The number of carboxylic acids is 1. The Morgan fingerprint density at radius 2 is 1.20 bits per heavy atom. The number of aryl methyl sites for hydroxylation is 1.